The maximum atomic E-state index is 6.01. The molecule has 2 rings (SSSR count). The van der Waals surface area contributed by atoms with Gasteiger partial charge in [0.25, 0.3) is 0 Å². The normalized spacial score (nSPS) is 21.8. The lowest BCUT2D eigenvalue weighted by Crippen LogP contribution is -2.23. The summed E-state index contributed by atoms with van der Waals surface area (Å²) < 4.78 is 10.6. The molecule has 1 aromatic rings. The number of nitrogens with zero attached hydrogens (tertiary/aromatic N) is 1. The molecule has 23 heavy (non-hydrogen) atoms. The third-order valence-electron chi connectivity index (χ3n) is 4.53. The van der Waals surface area contributed by atoms with Gasteiger partial charge in [0, 0.05) is 12.6 Å². The number of ether oxygens (including phenoxy) is 2. The van der Waals surface area contributed by atoms with Crippen molar-refractivity contribution in [3.8, 4) is 11.5 Å². The highest BCUT2D eigenvalue weighted by Crippen LogP contribution is 2.31. The molecule has 5 nitrogen and oxygen atoms in total. The van der Waals surface area contributed by atoms with Crippen molar-refractivity contribution in [2.75, 3.05) is 26.1 Å². The summed E-state index contributed by atoms with van der Waals surface area (Å²) in [5.74, 6) is 3.53. The third kappa shape index (κ3) is 5.34. The van der Waals surface area contributed by atoms with Crippen LogP contribution in [-0.2, 0) is 0 Å². The number of nitrogens with two attached hydrogens (primary N) is 1. The van der Waals surface area contributed by atoms with Crippen molar-refractivity contribution in [1.29, 1.82) is 0 Å². The number of benzene rings is 1. The first-order valence-electron chi connectivity index (χ1n) is 8.41. The molecule has 0 aromatic heterocycles. The van der Waals surface area contributed by atoms with Gasteiger partial charge in [0.2, 0.25) is 0 Å². The zero-order valence-electron chi connectivity index (χ0n) is 14.5. The predicted octanol–water partition coefficient (Wildman–Crippen LogP) is 3.65. The van der Waals surface area contributed by atoms with E-state index in [1.807, 2.05) is 18.2 Å². The fraction of sp³-hybridized carbons (Fsp3) is 0.611. The van der Waals surface area contributed by atoms with Crippen molar-refractivity contribution < 1.29 is 9.47 Å². The zero-order valence-corrected chi connectivity index (χ0v) is 14.5. The number of aliphatic imine (C=N–C) groups is 1. The second-order valence-electron chi connectivity index (χ2n) is 6.38. The Morgan fingerprint density at radius 1 is 1.30 bits per heavy atom. The molecule has 1 aliphatic carbocycles. The van der Waals surface area contributed by atoms with Crippen molar-refractivity contribution in [3.05, 3.63) is 18.2 Å². The number of nitrogens with one attached hydrogen (secondary N) is 1. The minimum atomic E-state index is 0.417. The summed E-state index contributed by atoms with van der Waals surface area (Å²) in [7, 11) is 3.26. The summed E-state index contributed by atoms with van der Waals surface area (Å²) in [6, 6.07) is 5.55. The molecule has 0 amide bonds. The Kier molecular flexibility index (Phi) is 6.56. The Balaban J connectivity index is 1.89. The van der Waals surface area contributed by atoms with Gasteiger partial charge in [0.05, 0.1) is 19.9 Å². The fourth-order valence-corrected chi connectivity index (χ4v) is 3.28. The van der Waals surface area contributed by atoms with E-state index < -0.39 is 0 Å². The van der Waals surface area contributed by atoms with E-state index in [9.17, 15) is 0 Å². The van der Waals surface area contributed by atoms with Gasteiger partial charge in [-0.2, -0.15) is 0 Å². The molecule has 0 radical (unpaired) electrons. The van der Waals surface area contributed by atoms with E-state index in [-0.39, 0.29) is 0 Å². The van der Waals surface area contributed by atoms with E-state index in [4.69, 9.17) is 15.2 Å². The number of hydrogen-bond donors (Lipinski definition) is 2. The molecule has 2 atom stereocenters. The van der Waals surface area contributed by atoms with E-state index >= 15 is 0 Å². The van der Waals surface area contributed by atoms with Gasteiger partial charge in [-0.25, -0.2) is 0 Å². The van der Waals surface area contributed by atoms with Crippen molar-refractivity contribution in [3.63, 3.8) is 0 Å². The molecule has 1 aliphatic rings. The number of rotatable bonds is 6. The minimum Gasteiger partial charge on any atom is -0.497 e. The lowest BCUT2D eigenvalue weighted by atomic mass is 9.81. The molecule has 128 valence electrons. The van der Waals surface area contributed by atoms with Gasteiger partial charge in [-0.3, -0.25) is 4.99 Å². The molecule has 5 heteroatoms. The largest absolute Gasteiger partial charge is 0.497 e. The number of anilines is 1. The zero-order chi connectivity index (χ0) is 16.7. The van der Waals surface area contributed by atoms with Crippen LogP contribution in [0.2, 0.25) is 0 Å². The molecule has 2 unspecified atom stereocenters. The highest BCUT2D eigenvalue weighted by molar-refractivity contribution is 5.93. The quantitative estimate of drug-likeness (QED) is 0.620. The van der Waals surface area contributed by atoms with E-state index in [0.29, 0.717) is 11.7 Å². The molecule has 1 fully saturated rings. The van der Waals surface area contributed by atoms with Crippen LogP contribution in [0.4, 0.5) is 5.69 Å². The van der Waals surface area contributed by atoms with Crippen molar-refractivity contribution >= 4 is 11.6 Å². The lowest BCUT2D eigenvalue weighted by Gasteiger charge is -2.26. The van der Waals surface area contributed by atoms with Crippen LogP contribution < -0.4 is 20.5 Å². The standard InChI is InChI=1S/C18H29N3O2/c1-13-5-4-6-14(11-13)9-10-20-18(19)21-16-12-15(22-2)7-8-17(16)23-3/h7-8,12-14H,4-6,9-11H2,1-3H3,(H3,19,20,21). The van der Waals surface area contributed by atoms with Crippen molar-refractivity contribution in [2.24, 2.45) is 22.6 Å². The fourth-order valence-electron chi connectivity index (χ4n) is 3.28. The monoisotopic (exact) mass is 319 g/mol. The Labute approximate surface area is 139 Å². The lowest BCUT2D eigenvalue weighted by molar-refractivity contribution is 0.273. The third-order valence-corrected chi connectivity index (χ3v) is 4.53. The first-order chi connectivity index (χ1) is 11.1. The van der Waals surface area contributed by atoms with E-state index in [1.165, 1.54) is 25.7 Å². The van der Waals surface area contributed by atoms with Crippen LogP contribution in [0.5, 0.6) is 11.5 Å². The van der Waals surface area contributed by atoms with Crippen LogP contribution in [0.15, 0.2) is 23.2 Å². The highest BCUT2D eigenvalue weighted by Gasteiger charge is 2.18. The van der Waals surface area contributed by atoms with Gasteiger partial charge in [-0.05, 0) is 36.8 Å². The van der Waals surface area contributed by atoms with Crippen LogP contribution >= 0.6 is 0 Å². The van der Waals surface area contributed by atoms with Crippen LogP contribution in [0, 0.1) is 11.8 Å². The predicted molar refractivity (Wildman–Crippen MR) is 95.4 cm³/mol. The summed E-state index contributed by atoms with van der Waals surface area (Å²) in [5.41, 5.74) is 6.77. The highest BCUT2D eigenvalue weighted by atomic mass is 16.5. The summed E-state index contributed by atoms with van der Waals surface area (Å²) in [5, 5.41) is 3.11. The van der Waals surface area contributed by atoms with Crippen LogP contribution in [0.1, 0.15) is 39.0 Å². The minimum absolute atomic E-state index is 0.417. The Morgan fingerprint density at radius 2 is 2.13 bits per heavy atom. The topological polar surface area (TPSA) is 68.9 Å². The first-order valence-corrected chi connectivity index (χ1v) is 8.41. The SMILES string of the molecule is COc1ccc(OC)c(NC(N)=NCCC2CCCC(C)C2)c1. The van der Waals surface area contributed by atoms with E-state index in [0.717, 1.165) is 36.2 Å². The molecule has 0 bridgehead atoms. The second kappa shape index (κ2) is 8.65. The molecule has 0 aliphatic heterocycles. The van der Waals surface area contributed by atoms with E-state index in [1.54, 1.807) is 14.2 Å². The molecule has 3 N–H and O–H groups in total. The average molecular weight is 319 g/mol. The van der Waals surface area contributed by atoms with Gasteiger partial charge in [-0.15, -0.1) is 0 Å². The second-order valence-corrected chi connectivity index (χ2v) is 6.38. The van der Waals surface area contributed by atoms with Gasteiger partial charge in [0.1, 0.15) is 11.5 Å². The summed E-state index contributed by atoms with van der Waals surface area (Å²) in [4.78, 5) is 4.46. The molecule has 0 saturated heterocycles. The van der Waals surface area contributed by atoms with Crippen LogP contribution in [-0.4, -0.2) is 26.7 Å². The average Bonchev–Trinajstić information content (AvgIpc) is 2.55. The summed E-state index contributed by atoms with van der Waals surface area (Å²) >= 11 is 0. The molecule has 1 saturated carbocycles. The molecule has 1 aromatic carbocycles. The molecular weight excluding hydrogens is 290 g/mol. The Hall–Kier alpha value is -1.91. The number of methoxy groups -OCH3 is 2. The van der Waals surface area contributed by atoms with Gasteiger partial charge >= 0.3 is 0 Å². The van der Waals surface area contributed by atoms with E-state index in [2.05, 4.69) is 17.2 Å². The smallest absolute Gasteiger partial charge is 0.193 e. The first kappa shape index (κ1) is 17.4. The van der Waals surface area contributed by atoms with Crippen molar-refractivity contribution in [2.45, 2.75) is 39.0 Å². The van der Waals surface area contributed by atoms with Gasteiger partial charge < -0.3 is 20.5 Å². The Bertz CT molecular complexity index is 531. The molecule has 0 heterocycles. The van der Waals surface area contributed by atoms with Crippen molar-refractivity contribution in [1.82, 2.24) is 0 Å². The van der Waals surface area contributed by atoms with Gasteiger partial charge in [-0.1, -0.05) is 26.2 Å². The van der Waals surface area contributed by atoms with Crippen LogP contribution in [0.25, 0.3) is 0 Å². The summed E-state index contributed by atoms with van der Waals surface area (Å²) in [6.45, 7) is 3.11. The maximum Gasteiger partial charge on any atom is 0.193 e. The number of guanidine groups is 1. The van der Waals surface area contributed by atoms with Crippen LogP contribution in [0.3, 0.4) is 0 Å². The van der Waals surface area contributed by atoms with Gasteiger partial charge in [0.15, 0.2) is 5.96 Å². The molecular formula is C18H29N3O2. The maximum absolute atomic E-state index is 6.01. The Morgan fingerprint density at radius 3 is 2.83 bits per heavy atom. The summed E-state index contributed by atoms with van der Waals surface area (Å²) in [6.07, 6.45) is 6.49. The number of hydrogen-bond acceptors (Lipinski definition) is 3. The molecule has 0 spiro atoms.